The molecular formula is C13H20N2O2S. The van der Waals surface area contributed by atoms with Crippen molar-refractivity contribution < 1.29 is 9.53 Å². The first-order chi connectivity index (χ1) is 8.72. The maximum absolute atomic E-state index is 11.4. The molecule has 0 aliphatic carbocycles. The Labute approximate surface area is 112 Å². The summed E-state index contributed by atoms with van der Waals surface area (Å²) in [7, 11) is 0. The molecule has 0 unspecified atom stereocenters. The van der Waals surface area contributed by atoms with Crippen molar-refractivity contribution in [2.45, 2.75) is 39.7 Å². The lowest BCUT2D eigenvalue weighted by atomic mass is 10.2. The minimum absolute atomic E-state index is 0.172. The molecule has 0 saturated carbocycles. The van der Waals surface area contributed by atoms with Crippen LogP contribution in [0.4, 0.5) is 0 Å². The van der Waals surface area contributed by atoms with E-state index < -0.39 is 0 Å². The topological polar surface area (TPSA) is 42.4 Å². The second kappa shape index (κ2) is 6.29. The molecule has 1 aromatic heterocycles. The lowest BCUT2D eigenvalue weighted by Crippen LogP contribution is -2.30. The van der Waals surface area contributed by atoms with Crippen LogP contribution in [0.15, 0.2) is 0 Å². The van der Waals surface area contributed by atoms with Crippen LogP contribution in [0.25, 0.3) is 0 Å². The SMILES string of the molecule is CCCN1CCc2nc(CC(=O)OCC)sc2C1. The monoisotopic (exact) mass is 268 g/mol. The molecule has 2 heterocycles. The van der Waals surface area contributed by atoms with Crippen LogP contribution in [0.2, 0.25) is 0 Å². The number of carbonyl (C=O) groups excluding carboxylic acids is 1. The van der Waals surface area contributed by atoms with Crippen molar-refractivity contribution in [3.05, 3.63) is 15.6 Å². The van der Waals surface area contributed by atoms with E-state index in [1.807, 2.05) is 6.92 Å². The molecule has 1 aliphatic heterocycles. The summed E-state index contributed by atoms with van der Waals surface area (Å²) in [6, 6.07) is 0. The molecule has 0 N–H and O–H groups in total. The van der Waals surface area contributed by atoms with E-state index in [1.165, 1.54) is 17.0 Å². The van der Waals surface area contributed by atoms with Gasteiger partial charge in [-0.1, -0.05) is 6.92 Å². The van der Waals surface area contributed by atoms with Crippen LogP contribution >= 0.6 is 11.3 Å². The fourth-order valence-electron chi connectivity index (χ4n) is 2.22. The first kappa shape index (κ1) is 13.5. The maximum atomic E-state index is 11.4. The number of esters is 1. The summed E-state index contributed by atoms with van der Waals surface area (Å²) in [5, 5.41) is 0.900. The van der Waals surface area contributed by atoms with Gasteiger partial charge in [-0.3, -0.25) is 9.69 Å². The number of nitrogens with zero attached hydrogens (tertiary/aromatic N) is 2. The number of hydrogen-bond acceptors (Lipinski definition) is 5. The van der Waals surface area contributed by atoms with Crippen LogP contribution in [0, 0.1) is 0 Å². The highest BCUT2D eigenvalue weighted by atomic mass is 32.1. The molecule has 0 bridgehead atoms. The van der Waals surface area contributed by atoms with Gasteiger partial charge in [0.2, 0.25) is 0 Å². The predicted molar refractivity (Wildman–Crippen MR) is 71.7 cm³/mol. The van der Waals surface area contributed by atoms with Crippen molar-refractivity contribution in [1.29, 1.82) is 0 Å². The highest BCUT2D eigenvalue weighted by Gasteiger charge is 2.21. The van der Waals surface area contributed by atoms with Gasteiger partial charge in [0.05, 0.1) is 18.7 Å². The van der Waals surface area contributed by atoms with Crippen molar-refractivity contribution in [1.82, 2.24) is 9.88 Å². The highest BCUT2D eigenvalue weighted by molar-refractivity contribution is 7.11. The minimum Gasteiger partial charge on any atom is -0.466 e. The largest absolute Gasteiger partial charge is 0.466 e. The lowest BCUT2D eigenvalue weighted by molar-refractivity contribution is -0.142. The van der Waals surface area contributed by atoms with Crippen LogP contribution in [-0.2, 0) is 28.9 Å². The molecule has 1 aliphatic rings. The summed E-state index contributed by atoms with van der Waals surface area (Å²) in [6.07, 6.45) is 2.51. The average Bonchev–Trinajstić information content (AvgIpc) is 2.71. The first-order valence-electron chi connectivity index (χ1n) is 6.58. The fraction of sp³-hybridized carbons (Fsp3) is 0.692. The molecule has 0 saturated heterocycles. The van der Waals surface area contributed by atoms with Gasteiger partial charge in [-0.25, -0.2) is 4.98 Å². The van der Waals surface area contributed by atoms with E-state index in [9.17, 15) is 4.79 Å². The number of aromatic nitrogens is 1. The van der Waals surface area contributed by atoms with E-state index in [0.717, 1.165) is 31.1 Å². The maximum Gasteiger partial charge on any atom is 0.312 e. The van der Waals surface area contributed by atoms with Gasteiger partial charge in [0.15, 0.2) is 0 Å². The molecule has 1 aromatic rings. The Morgan fingerprint density at radius 1 is 1.50 bits per heavy atom. The average molecular weight is 268 g/mol. The molecular weight excluding hydrogens is 248 g/mol. The standard InChI is InChI=1S/C13H20N2O2S/c1-3-6-15-7-5-10-11(9-15)18-12(14-10)8-13(16)17-4-2/h3-9H2,1-2H3. The van der Waals surface area contributed by atoms with Gasteiger partial charge < -0.3 is 4.74 Å². The molecule has 0 amide bonds. The predicted octanol–water partition coefficient (Wildman–Crippen LogP) is 2.02. The Hall–Kier alpha value is -0.940. The van der Waals surface area contributed by atoms with Crippen LogP contribution in [0.5, 0.6) is 0 Å². The summed E-state index contributed by atoms with van der Waals surface area (Å²) in [4.78, 5) is 19.8. The van der Waals surface area contributed by atoms with Gasteiger partial charge in [0.1, 0.15) is 5.01 Å². The number of ether oxygens (including phenoxy) is 1. The van der Waals surface area contributed by atoms with Crippen LogP contribution in [0.3, 0.4) is 0 Å². The van der Waals surface area contributed by atoms with Crippen molar-refractivity contribution in [3.8, 4) is 0 Å². The van der Waals surface area contributed by atoms with Crippen molar-refractivity contribution >= 4 is 17.3 Å². The highest BCUT2D eigenvalue weighted by Crippen LogP contribution is 2.25. The fourth-order valence-corrected chi connectivity index (χ4v) is 3.36. The third kappa shape index (κ3) is 3.29. The van der Waals surface area contributed by atoms with E-state index in [1.54, 1.807) is 11.3 Å². The third-order valence-electron chi connectivity index (χ3n) is 3.00. The van der Waals surface area contributed by atoms with Crippen molar-refractivity contribution in [2.24, 2.45) is 0 Å². The molecule has 0 atom stereocenters. The zero-order chi connectivity index (χ0) is 13.0. The van der Waals surface area contributed by atoms with Crippen LogP contribution in [-0.4, -0.2) is 35.5 Å². The second-order valence-corrected chi connectivity index (χ2v) is 5.65. The van der Waals surface area contributed by atoms with Gasteiger partial charge in [-0.15, -0.1) is 11.3 Å². The Bertz CT molecular complexity index is 417. The van der Waals surface area contributed by atoms with Crippen molar-refractivity contribution in [3.63, 3.8) is 0 Å². The van der Waals surface area contributed by atoms with E-state index in [-0.39, 0.29) is 5.97 Å². The Morgan fingerprint density at radius 2 is 2.33 bits per heavy atom. The molecule has 2 rings (SSSR count). The number of carbonyl (C=O) groups is 1. The Kier molecular flexibility index (Phi) is 4.72. The molecule has 0 radical (unpaired) electrons. The van der Waals surface area contributed by atoms with E-state index in [2.05, 4.69) is 16.8 Å². The summed E-state index contributed by atoms with van der Waals surface area (Å²) >= 11 is 1.67. The van der Waals surface area contributed by atoms with Gasteiger partial charge in [-0.2, -0.15) is 0 Å². The summed E-state index contributed by atoms with van der Waals surface area (Å²) in [6.45, 7) is 7.69. The lowest BCUT2D eigenvalue weighted by Gasteiger charge is -2.25. The van der Waals surface area contributed by atoms with Crippen LogP contribution in [0.1, 0.15) is 35.8 Å². The number of fused-ring (bicyclic) bond motifs is 1. The van der Waals surface area contributed by atoms with Crippen LogP contribution < -0.4 is 0 Å². The smallest absolute Gasteiger partial charge is 0.312 e. The van der Waals surface area contributed by atoms with E-state index in [0.29, 0.717) is 13.0 Å². The molecule has 5 heteroatoms. The number of hydrogen-bond donors (Lipinski definition) is 0. The van der Waals surface area contributed by atoms with E-state index in [4.69, 9.17) is 4.74 Å². The normalized spacial score (nSPS) is 15.4. The first-order valence-corrected chi connectivity index (χ1v) is 7.40. The summed E-state index contributed by atoms with van der Waals surface area (Å²) < 4.78 is 4.95. The number of rotatable bonds is 5. The molecule has 0 aromatic carbocycles. The Morgan fingerprint density at radius 3 is 3.06 bits per heavy atom. The molecule has 0 fully saturated rings. The summed E-state index contributed by atoms with van der Waals surface area (Å²) in [5.41, 5.74) is 1.19. The minimum atomic E-state index is -0.172. The quantitative estimate of drug-likeness (QED) is 0.766. The van der Waals surface area contributed by atoms with E-state index >= 15 is 0 Å². The molecule has 4 nitrogen and oxygen atoms in total. The van der Waals surface area contributed by atoms with Gasteiger partial charge >= 0.3 is 5.97 Å². The van der Waals surface area contributed by atoms with Gasteiger partial charge in [-0.05, 0) is 19.9 Å². The molecule has 100 valence electrons. The zero-order valence-corrected chi connectivity index (χ0v) is 11.9. The summed E-state index contributed by atoms with van der Waals surface area (Å²) in [5.74, 6) is -0.172. The number of thiazole rings is 1. The zero-order valence-electron chi connectivity index (χ0n) is 11.1. The van der Waals surface area contributed by atoms with Crippen molar-refractivity contribution in [2.75, 3.05) is 19.7 Å². The third-order valence-corrected chi connectivity index (χ3v) is 4.08. The van der Waals surface area contributed by atoms with Gasteiger partial charge in [0.25, 0.3) is 0 Å². The van der Waals surface area contributed by atoms with Gasteiger partial charge in [0, 0.05) is 24.4 Å². The molecule has 18 heavy (non-hydrogen) atoms. The second-order valence-electron chi connectivity index (χ2n) is 4.49. The molecule has 0 spiro atoms. The Balaban J connectivity index is 1.99.